The summed E-state index contributed by atoms with van der Waals surface area (Å²) in [6.07, 6.45) is 10.0. The average molecular weight is 288 g/mol. The second kappa shape index (κ2) is 11.4. The number of nitrogens with zero attached hydrogens (tertiary/aromatic N) is 2. The minimum absolute atomic E-state index is 0.957. The van der Waals surface area contributed by atoms with E-state index in [2.05, 4.69) is 61.1 Å². The van der Waals surface area contributed by atoms with Crippen molar-refractivity contribution in [1.82, 2.24) is 0 Å². The number of hydrogen-bond acceptors (Lipinski definition) is 2. The van der Waals surface area contributed by atoms with E-state index < -0.39 is 0 Å². The Kier molecular flexibility index (Phi) is 9.60. The SMILES string of the molecule is CCCCCCCCN=Cc1ccccc1N(CC)CC. The van der Waals surface area contributed by atoms with Crippen LogP contribution in [0.4, 0.5) is 5.69 Å². The predicted octanol–water partition coefficient (Wildman–Crippen LogP) is 5.31. The molecule has 0 spiro atoms. The van der Waals surface area contributed by atoms with E-state index in [1.165, 1.54) is 49.8 Å². The Labute approximate surface area is 131 Å². The fraction of sp³-hybridized carbons (Fsp3) is 0.632. The van der Waals surface area contributed by atoms with Crippen molar-refractivity contribution in [2.24, 2.45) is 4.99 Å². The Hall–Kier alpha value is -1.31. The van der Waals surface area contributed by atoms with Crippen LogP contribution < -0.4 is 4.90 Å². The van der Waals surface area contributed by atoms with Gasteiger partial charge in [0.25, 0.3) is 0 Å². The van der Waals surface area contributed by atoms with Crippen molar-refractivity contribution in [3.8, 4) is 0 Å². The molecule has 2 heteroatoms. The molecule has 0 saturated carbocycles. The lowest BCUT2D eigenvalue weighted by atomic mass is 10.1. The quantitative estimate of drug-likeness (QED) is 0.398. The van der Waals surface area contributed by atoms with Crippen LogP contribution in [0.1, 0.15) is 64.9 Å². The Morgan fingerprint density at radius 1 is 0.905 bits per heavy atom. The minimum atomic E-state index is 0.957. The highest BCUT2D eigenvalue weighted by Crippen LogP contribution is 2.18. The molecule has 0 N–H and O–H groups in total. The van der Waals surface area contributed by atoms with Crippen molar-refractivity contribution in [3.05, 3.63) is 29.8 Å². The zero-order valence-corrected chi connectivity index (χ0v) is 14.1. The van der Waals surface area contributed by atoms with Crippen LogP contribution in [0.25, 0.3) is 0 Å². The van der Waals surface area contributed by atoms with Gasteiger partial charge in [-0.05, 0) is 26.3 Å². The monoisotopic (exact) mass is 288 g/mol. The van der Waals surface area contributed by atoms with Crippen LogP contribution >= 0.6 is 0 Å². The van der Waals surface area contributed by atoms with Gasteiger partial charge in [-0.15, -0.1) is 0 Å². The molecule has 0 radical (unpaired) electrons. The first-order valence-electron chi connectivity index (χ1n) is 8.67. The Balaban J connectivity index is 2.42. The molecule has 0 bridgehead atoms. The number of anilines is 1. The van der Waals surface area contributed by atoms with Gasteiger partial charge in [0.1, 0.15) is 0 Å². The highest BCUT2D eigenvalue weighted by atomic mass is 15.1. The van der Waals surface area contributed by atoms with Crippen LogP contribution in [0.5, 0.6) is 0 Å². The third-order valence-electron chi connectivity index (χ3n) is 3.91. The molecular weight excluding hydrogens is 256 g/mol. The first-order chi connectivity index (χ1) is 10.3. The second-order valence-electron chi connectivity index (χ2n) is 5.53. The summed E-state index contributed by atoms with van der Waals surface area (Å²) >= 11 is 0. The molecule has 0 fully saturated rings. The van der Waals surface area contributed by atoms with Crippen molar-refractivity contribution in [1.29, 1.82) is 0 Å². The van der Waals surface area contributed by atoms with E-state index in [9.17, 15) is 0 Å². The maximum Gasteiger partial charge on any atom is 0.0455 e. The number of aliphatic imine (C=N–C) groups is 1. The van der Waals surface area contributed by atoms with E-state index in [1.54, 1.807) is 0 Å². The molecule has 0 aliphatic heterocycles. The van der Waals surface area contributed by atoms with Crippen molar-refractivity contribution in [3.63, 3.8) is 0 Å². The first kappa shape index (κ1) is 17.7. The predicted molar refractivity (Wildman–Crippen MR) is 95.8 cm³/mol. The molecular formula is C19H32N2. The van der Waals surface area contributed by atoms with Gasteiger partial charge < -0.3 is 4.90 Å². The summed E-state index contributed by atoms with van der Waals surface area (Å²) in [5.41, 5.74) is 2.54. The topological polar surface area (TPSA) is 15.6 Å². The molecule has 2 nitrogen and oxygen atoms in total. The van der Waals surface area contributed by atoms with E-state index in [-0.39, 0.29) is 0 Å². The summed E-state index contributed by atoms with van der Waals surface area (Å²) in [4.78, 5) is 7.00. The summed E-state index contributed by atoms with van der Waals surface area (Å²) in [6, 6.07) is 8.56. The maximum atomic E-state index is 4.62. The highest BCUT2D eigenvalue weighted by molar-refractivity contribution is 5.88. The molecule has 0 amide bonds. The van der Waals surface area contributed by atoms with Crippen LogP contribution in [0.3, 0.4) is 0 Å². The molecule has 0 aromatic heterocycles. The summed E-state index contributed by atoms with van der Waals surface area (Å²) in [7, 11) is 0. The zero-order valence-electron chi connectivity index (χ0n) is 14.1. The van der Waals surface area contributed by atoms with Gasteiger partial charge in [0.15, 0.2) is 0 Å². The lowest BCUT2D eigenvalue weighted by Gasteiger charge is -2.22. The number of hydrogen-bond donors (Lipinski definition) is 0. The van der Waals surface area contributed by atoms with Gasteiger partial charge in [-0.3, -0.25) is 4.99 Å². The Morgan fingerprint density at radius 2 is 1.57 bits per heavy atom. The largest absolute Gasteiger partial charge is 0.372 e. The molecule has 1 aromatic carbocycles. The zero-order chi connectivity index (χ0) is 15.3. The third-order valence-corrected chi connectivity index (χ3v) is 3.91. The van der Waals surface area contributed by atoms with E-state index in [0.29, 0.717) is 0 Å². The van der Waals surface area contributed by atoms with Crippen LogP contribution in [0.15, 0.2) is 29.3 Å². The fourth-order valence-electron chi connectivity index (χ4n) is 2.60. The van der Waals surface area contributed by atoms with Gasteiger partial charge in [0.05, 0.1) is 0 Å². The van der Waals surface area contributed by atoms with Crippen LogP contribution in [-0.2, 0) is 0 Å². The molecule has 0 aliphatic rings. The van der Waals surface area contributed by atoms with E-state index in [1.807, 2.05) is 0 Å². The molecule has 1 rings (SSSR count). The van der Waals surface area contributed by atoms with Gasteiger partial charge in [-0.25, -0.2) is 0 Å². The third kappa shape index (κ3) is 6.79. The number of benzene rings is 1. The van der Waals surface area contributed by atoms with Crippen molar-refractivity contribution >= 4 is 11.9 Å². The van der Waals surface area contributed by atoms with Crippen molar-refractivity contribution in [2.45, 2.75) is 59.3 Å². The van der Waals surface area contributed by atoms with E-state index in [0.717, 1.165) is 19.6 Å². The smallest absolute Gasteiger partial charge is 0.0455 e. The average Bonchev–Trinajstić information content (AvgIpc) is 2.52. The molecule has 0 atom stereocenters. The molecule has 0 aliphatic carbocycles. The second-order valence-corrected chi connectivity index (χ2v) is 5.53. The molecule has 1 aromatic rings. The van der Waals surface area contributed by atoms with Crippen molar-refractivity contribution < 1.29 is 0 Å². The number of unbranched alkanes of at least 4 members (excludes halogenated alkanes) is 5. The number of rotatable bonds is 11. The van der Waals surface area contributed by atoms with Crippen LogP contribution in [0.2, 0.25) is 0 Å². The van der Waals surface area contributed by atoms with Crippen LogP contribution in [0, 0.1) is 0 Å². The summed E-state index contributed by atoms with van der Waals surface area (Å²) in [5, 5.41) is 0. The van der Waals surface area contributed by atoms with Gasteiger partial charge in [0.2, 0.25) is 0 Å². The fourth-order valence-corrected chi connectivity index (χ4v) is 2.60. The molecule has 0 saturated heterocycles. The van der Waals surface area contributed by atoms with E-state index in [4.69, 9.17) is 0 Å². The standard InChI is InChI=1S/C19H32N2/c1-4-7-8-9-10-13-16-20-17-18-14-11-12-15-19(18)21(5-2)6-3/h11-12,14-15,17H,4-10,13,16H2,1-3H3. The molecule has 0 heterocycles. The molecule has 0 unspecified atom stereocenters. The minimum Gasteiger partial charge on any atom is -0.372 e. The normalized spacial score (nSPS) is 11.2. The first-order valence-corrected chi connectivity index (χ1v) is 8.67. The van der Waals surface area contributed by atoms with Gasteiger partial charge >= 0.3 is 0 Å². The molecule has 118 valence electrons. The maximum absolute atomic E-state index is 4.62. The van der Waals surface area contributed by atoms with E-state index >= 15 is 0 Å². The lowest BCUT2D eigenvalue weighted by molar-refractivity contribution is 0.612. The van der Waals surface area contributed by atoms with Crippen LogP contribution in [-0.4, -0.2) is 25.8 Å². The Bertz CT molecular complexity index is 394. The summed E-state index contributed by atoms with van der Waals surface area (Å²) < 4.78 is 0. The lowest BCUT2D eigenvalue weighted by Crippen LogP contribution is -2.23. The molecule has 21 heavy (non-hydrogen) atoms. The number of para-hydroxylation sites is 1. The van der Waals surface area contributed by atoms with Gasteiger partial charge in [-0.2, -0.15) is 0 Å². The van der Waals surface area contributed by atoms with Crippen molar-refractivity contribution in [2.75, 3.05) is 24.5 Å². The summed E-state index contributed by atoms with van der Waals surface area (Å²) in [5.74, 6) is 0. The summed E-state index contributed by atoms with van der Waals surface area (Å²) in [6.45, 7) is 9.70. The van der Waals surface area contributed by atoms with Gasteiger partial charge in [-0.1, -0.05) is 57.2 Å². The Morgan fingerprint density at radius 3 is 2.29 bits per heavy atom. The highest BCUT2D eigenvalue weighted by Gasteiger charge is 2.05. The van der Waals surface area contributed by atoms with Gasteiger partial charge in [0, 0.05) is 37.1 Å².